The van der Waals surface area contributed by atoms with E-state index in [-0.39, 0.29) is 11.3 Å². The lowest BCUT2D eigenvalue weighted by molar-refractivity contribution is -0.132. The number of hydrogen-bond acceptors (Lipinski definition) is 4. The molecular weight excluding hydrogens is 476 g/mol. The first-order valence-corrected chi connectivity index (χ1v) is 12.3. The third-order valence-corrected chi connectivity index (χ3v) is 6.77. The van der Waals surface area contributed by atoms with Crippen molar-refractivity contribution >= 4 is 34.0 Å². The summed E-state index contributed by atoms with van der Waals surface area (Å²) >= 11 is 0. The topological polar surface area (TPSA) is 82.6 Å². The number of aliphatic hydroxyl groups excluding tert-OH is 1. The number of carbonyl (C=O) groups is 2. The average Bonchev–Trinajstić information content (AvgIpc) is 3.52. The Morgan fingerprint density at radius 3 is 2.21 bits per heavy atom. The van der Waals surface area contributed by atoms with Crippen LogP contribution in [0, 0.1) is 0 Å². The molecule has 6 heteroatoms. The van der Waals surface area contributed by atoms with Crippen molar-refractivity contribution in [3.8, 4) is 5.75 Å². The molecule has 1 fully saturated rings. The molecule has 6 rings (SSSR count). The highest BCUT2D eigenvalue weighted by atomic mass is 16.5. The van der Waals surface area contributed by atoms with Crippen LogP contribution in [0.25, 0.3) is 16.7 Å². The van der Waals surface area contributed by atoms with Crippen LogP contribution in [0.2, 0.25) is 0 Å². The van der Waals surface area contributed by atoms with Crippen LogP contribution in [0.3, 0.4) is 0 Å². The number of anilines is 1. The molecule has 38 heavy (non-hydrogen) atoms. The second-order valence-electron chi connectivity index (χ2n) is 9.10. The van der Waals surface area contributed by atoms with Crippen LogP contribution in [0.1, 0.15) is 22.7 Å². The normalized spacial score (nSPS) is 16.7. The minimum absolute atomic E-state index is 0.0431. The number of rotatable bonds is 6. The number of Topliss-reactive ketones (excluding diaryl/α,β-unsaturated/α-hetero) is 1. The fraction of sp³-hybridized carbons (Fsp3) is 0.0625. The predicted octanol–water partition coefficient (Wildman–Crippen LogP) is 6.37. The summed E-state index contributed by atoms with van der Waals surface area (Å²) in [7, 11) is 0. The van der Waals surface area contributed by atoms with Gasteiger partial charge in [0.05, 0.1) is 11.6 Å². The van der Waals surface area contributed by atoms with E-state index >= 15 is 0 Å². The number of aliphatic hydroxyl groups is 1. The maximum Gasteiger partial charge on any atom is 0.300 e. The summed E-state index contributed by atoms with van der Waals surface area (Å²) in [5.74, 6) is -0.974. The van der Waals surface area contributed by atoms with Gasteiger partial charge in [-0.1, -0.05) is 78.9 Å². The molecule has 1 amide bonds. The van der Waals surface area contributed by atoms with Gasteiger partial charge in [0, 0.05) is 28.4 Å². The smallest absolute Gasteiger partial charge is 0.300 e. The van der Waals surface area contributed by atoms with Crippen molar-refractivity contribution in [2.24, 2.45) is 0 Å². The number of nitrogens with one attached hydrogen (secondary N) is 1. The third-order valence-electron chi connectivity index (χ3n) is 6.77. The van der Waals surface area contributed by atoms with Crippen LogP contribution >= 0.6 is 0 Å². The van der Waals surface area contributed by atoms with Gasteiger partial charge in [-0.25, -0.2) is 0 Å². The van der Waals surface area contributed by atoms with Crippen molar-refractivity contribution in [3.05, 3.63) is 138 Å². The predicted molar refractivity (Wildman–Crippen MR) is 147 cm³/mol. The maximum atomic E-state index is 13.4. The second kappa shape index (κ2) is 9.75. The number of nitrogens with zero attached hydrogens (tertiary/aromatic N) is 1. The SMILES string of the molecule is O=C1C(=O)N(c2ccccc2)C(c2ccc(OCc3ccccc3)cc2)/C1=C(/O)c1c[nH]c2ccccc12. The number of para-hydroxylation sites is 2. The summed E-state index contributed by atoms with van der Waals surface area (Å²) in [6.07, 6.45) is 1.66. The molecule has 0 spiro atoms. The van der Waals surface area contributed by atoms with Gasteiger partial charge in [-0.05, 0) is 41.5 Å². The molecule has 1 saturated heterocycles. The lowest BCUT2D eigenvalue weighted by atomic mass is 9.95. The number of H-pyrrole nitrogens is 1. The Morgan fingerprint density at radius 1 is 0.816 bits per heavy atom. The molecule has 0 bridgehead atoms. The van der Waals surface area contributed by atoms with Gasteiger partial charge in [0.15, 0.2) is 0 Å². The van der Waals surface area contributed by atoms with Gasteiger partial charge in [-0.2, -0.15) is 0 Å². The number of carbonyl (C=O) groups excluding carboxylic acids is 2. The van der Waals surface area contributed by atoms with E-state index in [9.17, 15) is 14.7 Å². The fourth-order valence-corrected chi connectivity index (χ4v) is 4.90. The van der Waals surface area contributed by atoms with E-state index in [0.29, 0.717) is 29.2 Å². The first kappa shape index (κ1) is 23.3. The largest absolute Gasteiger partial charge is 0.507 e. The highest BCUT2D eigenvalue weighted by Crippen LogP contribution is 2.43. The molecule has 1 aliphatic heterocycles. The minimum Gasteiger partial charge on any atom is -0.507 e. The Balaban J connectivity index is 1.43. The summed E-state index contributed by atoms with van der Waals surface area (Å²) in [5.41, 5.74) is 3.64. The Morgan fingerprint density at radius 2 is 1.47 bits per heavy atom. The molecule has 0 saturated carbocycles. The first-order valence-electron chi connectivity index (χ1n) is 12.3. The number of amides is 1. The molecular formula is C32H24N2O4. The summed E-state index contributed by atoms with van der Waals surface area (Å²) in [4.78, 5) is 31.4. The van der Waals surface area contributed by atoms with Crippen LogP contribution in [-0.4, -0.2) is 21.8 Å². The van der Waals surface area contributed by atoms with Crippen molar-refractivity contribution in [1.82, 2.24) is 4.98 Å². The standard InChI is InChI=1S/C32H24N2O4/c35-30(26-19-33-27-14-8-7-13-25(26)27)28-29(34(32(37)31(28)36)23-11-5-2-6-12-23)22-15-17-24(18-16-22)38-20-21-9-3-1-4-10-21/h1-19,29,33,35H,20H2/b30-28-. The molecule has 0 radical (unpaired) electrons. The van der Waals surface area contributed by atoms with Crippen LogP contribution in [0.5, 0.6) is 5.75 Å². The van der Waals surface area contributed by atoms with Gasteiger partial charge in [-0.15, -0.1) is 0 Å². The average molecular weight is 501 g/mol. The second-order valence-corrected chi connectivity index (χ2v) is 9.10. The van der Waals surface area contributed by atoms with Gasteiger partial charge in [0.2, 0.25) is 0 Å². The van der Waals surface area contributed by atoms with Gasteiger partial charge < -0.3 is 14.8 Å². The molecule has 6 nitrogen and oxygen atoms in total. The Labute approximate surface area is 219 Å². The van der Waals surface area contributed by atoms with Gasteiger partial charge in [0.1, 0.15) is 18.1 Å². The van der Waals surface area contributed by atoms with E-state index in [1.54, 1.807) is 18.3 Å². The highest BCUT2D eigenvalue weighted by molar-refractivity contribution is 6.51. The molecule has 0 aliphatic carbocycles. The Hall–Kier alpha value is -5.10. The van der Waals surface area contributed by atoms with Crippen molar-refractivity contribution in [2.45, 2.75) is 12.6 Å². The third kappa shape index (κ3) is 4.12. The monoisotopic (exact) mass is 500 g/mol. The minimum atomic E-state index is -0.811. The molecule has 2 N–H and O–H groups in total. The summed E-state index contributed by atoms with van der Waals surface area (Å²) < 4.78 is 5.93. The number of aromatic amines is 1. The number of benzene rings is 4. The zero-order valence-electron chi connectivity index (χ0n) is 20.4. The molecule has 4 aromatic carbocycles. The Bertz CT molecular complexity index is 1650. The van der Waals surface area contributed by atoms with Crippen LogP contribution in [0.4, 0.5) is 5.69 Å². The quantitative estimate of drug-likeness (QED) is 0.161. The fourth-order valence-electron chi connectivity index (χ4n) is 4.90. The van der Waals surface area contributed by atoms with E-state index in [0.717, 1.165) is 16.5 Å². The lowest BCUT2D eigenvalue weighted by Crippen LogP contribution is -2.29. The van der Waals surface area contributed by atoms with Gasteiger partial charge >= 0.3 is 0 Å². The van der Waals surface area contributed by atoms with E-state index in [1.165, 1.54) is 4.90 Å². The van der Waals surface area contributed by atoms with Crippen molar-refractivity contribution < 1.29 is 19.4 Å². The highest BCUT2D eigenvalue weighted by Gasteiger charge is 2.47. The number of fused-ring (bicyclic) bond motifs is 1. The summed E-state index contributed by atoms with van der Waals surface area (Å²) in [5, 5.41) is 12.3. The molecule has 186 valence electrons. The summed E-state index contributed by atoms with van der Waals surface area (Å²) in [6, 6.07) is 32.9. The first-order chi connectivity index (χ1) is 18.6. The van der Waals surface area contributed by atoms with E-state index in [1.807, 2.05) is 97.1 Å². The van der Waals surface area contributed by atoms with Crippen molar-refractivity contribution in [1.29, 1.82) is 0 Å². The van der Waals surface area contributed by atoms with E-state index in [2.05, 4.69) is 4.98 Å². The molecule has 5 aromatic rings. The number of hydrogen-bond donors (Lipinski definition) is 2. The van der Waals surface area contributed by atoms with Crippen molar-refractivity contribution in [3.63, 3.8) is 0 Å². The molecule has 2 heterocycles. The molecule has 1 unspecified atom stereocenters. The lowest BCUT2D eigenvalue weighted by Gasteiger charge is -2.25. The number of ether oxygens (including phenoxy) is 1. The van der Waals surface area contributed by atoms with E-state index in [4.69, 9.17) is 4.74 Å². The molecule has 1 atom stereocenters. The maximum absolute atomic E-state index is 13.4. The van der Waals surface area contributed by atoms with Gasteiger partial charge in [-0.3, -0.25) is 14.5 Å². The number of aromatic nitrogens is 1. The van der Waals surface area contributed by atoms with E-state index < -0.39 is 17.7 Å². The van der Waals surface area contributed by atoms with Gasteiger partial charge in [0.25, 0.3) is 11.7 Å². The van der Waals surface area contributed by atoms with Crippen molar-refractivity contribution in [2.75, 3.05) is 4.90 Å². The zero-order valence-corrected chi connectivity index (χ0v) is 20.4. The zero-order chi connectivity index (χ0) is 26.1. The van der Waals surface area contributed by atoms with Crippen LogP contribution in [-0.2, 0) is 16.2 Å². The number of ketones is 1. The summed E-state index contributed by atoms with van der Waals surface area (Å²) in [6.45, 7) is 0.420. The molecule has 1 aliphatic rings. The molecule has 1 aromatic heterocycles. The van der Waals surface area contributed by atoms with Crippen LogP contribution < -0.4 is 9.64 Å². The van der Waals surface area contributed by atoms with Crippen LogP contribution in [0.15, 0.2) is 121 Å². The Kier molecular flexibility index (Phi) is 5.98.